The Morgan fingerprint density at radius 2 is 2.21 bits per heavy atom. The third-order valence-electron chi connectivity index (χ3n) is 3.55. The van der Waals surface area contributed by atoms with Gasteiger partial charge in [-0.1, -0.05) is 29.3 Å². The zero-order valence-electron chi connectivity index (χ0n) is 12.3. The molecule has 1 aromatic rings. The SMILES string of the molecule is COc1ccc(C)cc1CC(C)=CCCNC1CC1. The molecule has 0 heterocycles. The first-order valence-corrected chi connectivity index (χ1v) is 7.21. The molecule has 0 spiro atoms. The van der Waals surface area contributed by atoms with Crippen LogP contribution in [0.3, 0.4) is 0 Å². The molecule has 0 bridgehead atoms. The highest BCUT2D eigenvalue weighted by molar-refractivity contribution is 5.39. The van der Waals surface area contributed by atoms with Crippen LogP contribution >= 0.6 is 0 Å². The molecular formula is C17H25NO. The molecule has 19 heavy (non-hydrogen) atoms. The molecule has 0 radical (unpaired) electrons. The van der Waals surface area contributed by atoms with Gasteiger partial charge in [0, 0.05) is 6.04 Å². The van der Waals surface area contributed by atoms with E-state index in [1.807, 2.05) is 0 Å². The molecule has 0 atom stereocenters. The summed E-state index contributed by atoms with van der Waals surface area (Å²) in [5.41, 5.74) is 3.99. The van der Waals surface area contributed by atoms with Crippen molar-refractivity contribution < 1.29 is 4.74 Å². The molecule has 1 N–H and O–H groups in total. The summed E-state index contributed by atoms with van der Waals surface area (Å²) in [6.45, 7) is 5.44. The van der Waals surface area contributed by atoms with E-state index in [1.165, 1.54) is 29.5 Å². The molecular weight excluding hydrogens is 234 g/mol. The summed E-state index contributed by atoms with van der Waals surface area (Å²) >= 11 is 0. The number of allylic oxidation sites excluding steroid dienone is 1. The zero-order chi connectivity index (χ0) is 13.7. The van der Waals surface area contributed by atoms with Gasteiger partial charge in [-0.3, -0.25) is 0 Å². The smallest absolute Gasteiger partial charge is 0.122 e. The molecule has 0 aliphatic heterocycles. The minimum absolute atomic E-state index is 0.811. The summed E-state index contributed by atoms with van der Waals surface area (Å²) < 4.78 is 5.43. The van der Waals surface area contributed by atoms with Gasteiger partial charge in [0.15, 0.2) is 0 Å². The summed E-state index contributed by atoms with van der Waals surface area (Å²) in [4.78, 5) is 0. The van der Waals surface area contributed by atoms with E-state index in [4.69, 9.17) is 4.74 Å². The largest absolute Gasteiger partial charge is 0.496 e. The van der Waals surface area contributed by atoms with Gasteiger partial charge in [-0.15, -0.1) is 0 Å². The molecule has 104 valence electrons. The monoisotopic (exact) mass is 259 g/mol. The van der Waals surface area contributed by atoms with Crippen molar-refractivity contribution in [1.29, 1.82) is 0 Å². The lowest BCUT2D eigenvalue weighted by atomic mass is 10.0. The van der Waals surface area contributed by atoms with Crippen molar-refractivity contribution in [2.24, 2.45) is 0 Å². The van der Waals surface area contributed by atoms with Gasteiger partial charge >= 0.3 is 0 Å². The Bertz CT molecular complexity index is 447. The highest BCUT2D eigenvalue weighted by Crippen LogP contribution is 2.22. The van der Waals surface area contributed by atoms with Gasteiger partial charge in [0.2, 0.25) is 0 Å². The predicted molar refractivity (Wildman–Crippen MR) is 80.8 cm³/mol. The van der Waals surface area contributed by atoms with Crippen LogP contribution in [0.25, 0.3) is 0 Å². The van der Waals surface area contributed by atoms with Gasteiger partial charge in [-0.25, -0.2) is 0 Å². The molecule has 1 aromatic carbocycles. The zero-order valence-corrected chi connectivity index (χ0v) is 12.3. The molecule has 2 heteroatoms. The second-order valence-corrected chi connectivity index (χ2v) is 5.56. The number of aryl methyl sites for hydroxylation is 1. The average molecular weight is 259 g/mol. The Hall–Kier alpha value is -1.28. The molecule has 2 rings (SSSR count). The first-order chi connectivity index (χ1) is 9.19. The number of nitrogens with one attached hydrogen (secondary N) is 1. The molecule has 1 aliphatic carbocycles. The third-order valence-corrected chi connectivity index (χ3v) is 3.55. The standard InChI is InChI=1S/C17H25NO/c1-13(5-4-10-18-16-7-8-16)11-15-12-14(2)6-9-17(15)19-3/h5-6,9,12,16,18H,4,7-8,10-11H2,1-3H3. The van der Waals surface area contributed by atoms with E-state index in [2.05, 4.69) is 43.4 Å². The van der Waals surface area contributed by atoms with Crippen molar-refractivity contribution in [3.8, 4) is 5.75 Å². The molecule has 0 amide bonds. The summed E-state index contributed by atoms with van der Waals surface area (Å²) in [7, 11) is 1.74. The van der Waals surface area contributed by atoms with Gasteiger partial charge in [-0.05, 0) is 57.7 Å². The minimum Gasteiger partial charge on any atom is -0.496 e. The van der Waals surface area contributed by atoms with Crippen LogP contribution in [0, 0.1) is 6.92 Å². The van der Waals surface area contributed by atoms with E-state index in [0.29, 0.717) is 0 Å². The summed E-state index contributed by atoms with van der Waals surface area (Å²) in [5, 5.41) is 3.54. The Labute approximate surface area is 116 Å². The van der Waals surface area contributed by atoms with E-state index in [1.54, 1.807) is 7.11 Å². The predicted octanol–water partition coefficient (Wildman–Crippen LogP) is 3.63. The Morgan fingerprint density at radius 1 is 1.42 bits per heavy atom. The van der Waals surface area contributed by atoms with Crippen LogP contribution in [0.5, 0.6) is 5.75 Å². The van der Waals surface area contributed by atoms with Crippen molar-refractivity contribution in [1.82, 2.24) is 5.32 Å². The highest BCUT2D eigenvalue weighted by Gasteiger charge is 2.19. The van der Waals surface area contributed by atoms with E-state index < -0.39 is 0 Å². The molecule has 1 fully saturated rings. The second-order valence-electron chi connectivity index (χ2n) is 5.56. The lowest BCUT2D eigenvalue weighted by Crippen LogP contribution is -2.16. The number of methoxy groups -OCH3 is 1. The maximum Gasteiger partial charge on any atom is 0.122 e. The van der Waals surface area contributed by atoms with Crippen LogP contribution in [0.15, 0.2) is 29.8 Å². The quantitative estimate of drug-likeness (QED) is 0.596. The van der Waals surface area contributed by atoms with Crippen molar-refractivity contribution >= 4 is 0 Å². The minimum atomic E-state index is 0.811. The van der Waals surface area contributed by atoms with E-state index in [9.17, 15) is 0 Å². The molecule has 1 aliphatic rings. The summed E-state index contributed by atoms with van der Waals surface area (Å²) in [6, 6.07) is 7.19. The maximum absolute atomic E-state index is 5.43. The molecule has 2 nitrogen and oxygen atoms in total. The fourth-order valence-electron chi connectivity index (χ4n) is 2.31. The van der Waals surface area contributed by atoms with Gasteiger partial charge in [0.25, 0.3) is 0 Å². The maximum atomic E-state index is 5.43. The normalized spacial score (nSPS) is 15.6. The van der Waals surface area contributed by atoms with Crippen molar-refractivity contribution in [3.05, 3.63) is 41.0 Å². The van der Waals surface area contributed by atoms with E-state index in [0.717, 1.165) is 31.2 Å². The van der Waals surface area contributed by atoms with Crippen LogP contribution in [0.1, 0.15) is 37.3 Å². The molecule has 0 unspecified atom stereocenters. The van der Waals surface area contributed by atoms with Gasteiger partial charge in [-0.2, -0.15) is 0 Å². The molecule has 0 saturated heterocycles. The van der Waals surface area contributed by atoms with Crippen molar-refractivity contribution in [2.75, 3.05) is 13.7 Å². The fraction of sp³-hybridized carbons (Fsp3) is 0.529. The van der Waals surface area contributed by atoms with Gasteiger partial charge in [0.1, 0.15) is 5.75 Å². The van der Waals surface area contributed by atoms with Crippen molar-refractivity contribution in [2.45, 2.75) is 45.6 Å². The highest BCUT2D eigenvalue weighted by atomic mass is 16.5. The van der Waals surface area contributed by atoms with Crippen LogP contribution < -0.4 is 10.1 Å². The Balaban J connectivity index is 1.87. The van der Waals surface area contributed by atoms with Crippen LogP contribution in [-0.4, -0.2) is 19.7 Å². The Kier molecular flexibility index (Phi) is 5.03. The van der Waals surface area contributed by atoms with Crippen LogP contribution in [0.2, 0.25) is 0 Å². The van der Waals surface area contributed by atoms with E-state index >= 15 is 0 Å². The number of hydrogen-bond donors (Lipinski definition) is 1. The number of ether oxygens (including phenoxy) is 1. The first-order valence-electron chi connectivity index (χ1n) is 7.21. The Morgan fingerprint density at radius 3 is 2.89 bits per heavy atom. The fourth-order valence-corrected chi connectivity index (χ4v) is 2.31. The van der Waals surface area contributed by atoms with Gasteiger partial charge in [0.05, 0.1) is 7.11 Å². The first kappa shape index (κ1) is 14.1. The summed E-state index contributed by atoms with van der Waals surface area (Å²) in [5.74, 6) is 0.995. The number of hydrogen-bond acceptors (Lipinski definition) is 2. The topological polar surface area (TPSA) is 21.3 Å². The lowest BCUT2D eigenvalue weighted by molar-refractivity contribution is 0.410. The summed E-state index contributed by atoms with van der Waals surface area (Å²) in [6.07, 6.45) is 7.17. The van der Waals surface area contributed by atoms with Crippen LogP contribution in [-0.2, 0) is 6.42 Å². The number of benzene rings is 1. The lowest BCUT2D eigenvalue weighted by Gasteiger charge is -2.10. The second kappa shape index (κ2) is 6.76. The average Bonchev–Trinajstić information content (AvgIpc) is 3.19. The third kappa shape index (κ3) is 4.71. The molecule has 0 aromatic heterocycles. The molecule has 1 saturated carbocycles. The van der Waals surface area contributed by atoms with Crippen LogP contribution in [0.4, 0.5) is 0 Å². The number of rotatable bonds is 7. The van der Waals surface area contributed by atoms with Gasteiger partial charge < -0.3 is 10.1 Å². The van der Waals surface area contributed by atoms with Crippen molar-refractivity contribution in [3.63, 3.8) is 0 Å². The van der Waals surface area contributed by atoms with E-state index in [-0.39, 0.29) is 0 Å².